The van der Waals surface area contributed by atoms with Gasteiger partial charge in [-0.3, -0.25) is 4.79 Å². The summed E-state index contributed by atoms with van der Waals surface area (Å²) in [6.45, 7) is 6.30. The minimum atomic E-state index is -0.0194. The zero-order valence-electron chi connectivity index (χ0n) is 8.88. The van der Waals surface area contributed by atoms with Gasteiger partial charge in [0.15, 0.2) is 0 Å². The standard InChI is InChI=1S/C11H20O2/c1-8(2)6-11(12)13-10-5-4-9(3)7-10/h8-10H,4-7H2,1-3H3/t9-,10+/m1/s1. The molecule has 0 bridgehead atoms. The number of hydrogen-bond acceptors (Lipinski definition) is 2. The van der Waals surface area contributed by atoms with E-state index in [1.165, 1.54) is 6.42 Å². The van der Waals surface area contributed by atoms with E-state index in [4.69, 9.17) is 4.74 Å². The number of hydrogen-bond donors (Lipinski definition) is 0. The molecule has 2 heteroatoms. The lowest BCUT2D eigenvalue weighted by Gasteiger charge is -2.12. The third-order valence-electron chi connectivity index (χ3n) is 2.52. The van der Waals surface area contributed by atoms with Crippen molar-refractivity contribution in [3.8, 4) is 0 Å². The minimum Gasteiger partial charge on any atom is -0.462 e. The molecule has 0 aromatic rings. The Morgan fingerprint density at radius 2 is 2.15 bits per heavy atom. The molecular formula is C11H20O2. The van der Waals surface area contributed by atoms with E-state index in [9.17, 15) is 4.79 Å². The summed E-state index contributed by atoms with van der Waals surface area (Å²) in [4.78, 5) is 11.3. The Labute approximate surface area is 80.7 Å². The molecule has 0 N–H and O–H groups in total. The normalized spacial score (nSPS) is 28.0. The fourth-order valence-electron chi connectivity index (χ4n) is 1.83. The number of ether oxygens (including phenoxy) is 1. The molecule has 0 saturated heterocycles. The molecule has 0 aromatic heterocycles. The second-order valence-corrected chi connectivity index (χ2v) is 4.63. The summed E-state index contributed by atoms with van der Waals surface area (Å²) in [5.74, 6) is 1.12. The summed E-state index contributed by atoms with van der Waals surface area (Å²) >= 11 is 0. The van der Waals surface area contributed by atoms with Gasteiger partial charge in [-0.1, -0.05) is 20.8 Å². The Kier molecular flexibility index (Phi) is 3.76. The number of esters is 1. The maximum atomic E-state index is 11.3. The molecule has 0 radical (unpaired) electrons. The molecular weight excluding hydrogens is 164 g/mol. The monoisotopic (exact) mass is 184 g/mol. The summed E-state index contributed by atoms with van der Waals surface area (Å²) in [5, 5.41) is 0. The molecule has 0 aliphatic heterocycles. The molecule has 0 aromatic carbocycles. The predicted octanol–water partition coefficient (Wildman–Crippen LogP) is 2.76. The first-order valence-corrected chi connectivity index (χ1v) is 5.27. The second-order valence-electron chi connectivity index (χ2n) is 4.63. The van der Waals surface area contributed by atoms with Gasteiger partial charge in [-0.05, 0) is 31.1 Å². The van der Waals surface area contributed by atoms with E-state index in [1.54, 1.807) is 0 Å². The van der Waals surface area contributed by atoms with Crippen LogP contribution in [-0.2, 0) is 9.53 Å². The molecule has 1 fully saturated rings. The molecule has 1 aliphatic carbocycles. The van der Waals surface area contributed by atoms with Crippen molar-refractivity contribution in [1.29, 1.82) is 0 Å². The molecule has 1 aliphatic rings. The van der Waals surface area contributed by atoms with Gasteiger partial charge in [0.2, 0.25) is 0 Å². The van der Waals surface area contributed by atoms with Crippen molar-refractivity contribution >= 4 is 5.97 Å². The molecule has 1 rings (SSSR count). The van der Waals surface area contributed by atoms with E-state index in [0.717, 1.165) is 18.8 Å². The highest BCUT2D eigenvalue weighted by Gasteiger charge is 2.24. The Morgan fingerprint density at radius 3 is 2.62 bits per heavy atom. The van der Waals surface area contributed by atoms with E-state index in [1.807, 2.05) is 13.8 Å². The van der Waals surface area contributed by atoms with Crippen molar-refractivity contribution in [1.82, 2.24) is 0 Å². The van der Waals surface area contributed by atoms with Crippen LogP contribution in [0.5, 0.6) is 0 Å². The van der Waals surface area contributed by atoms with Crippen LogP contribution in [0.25, 0.3) is 0 Å². The van der Waals surface area contributed by atoms with Crippen LogP contribution in [0.4, 0.5) is 0 Å². The maximum Gasteiger partial charge on any atom is 0.306 e. The fourth-order valence-corrected chi connectivity index (χ4v) is 1.83. The summed E-state index contributed by atoms with van der Waals surface area (Å²) in [5.41, 5.74) is 0. The highest BCUT2D eigenvalue weighted by Crippen LogP contribution is 2.27. The van der Waals surface area contributed by atoms with E-state index in [-0.39, 0.29) is 12.1 Å². The summed E-state index contributed by atoms with van der Waals surface area (Å²) in [7, 11) is 0. The van der Waals surface area contributed by atoms with Crippen LogP contribution in [0.15, 0.2) is 0 Å². The molecule has 0 amide bonds. The topological polar surface area (TPSA) is 26.3 Å². The van der Waals surface area contributed by atoms with Crippen molar-refractivity contribution in [3.63, 3.8) is 0 Å². The van der Waals surface area contributed by atoms with Crippen LogP contribution >= 0.6 is 0 Å². The Morgan fingerprint density at radius 1 is 1.46 bits per heavy atom. The quantitative estimate of drug-likeness (QED) is 0.630. The van der Waals surface area contributed by atoms with Crippen molar-refractivity contribution in [2.24, 2.45) is 11.8 Å². The average Bonchev–Trinajstić information content (AvgIpc) is 2.33. The predicted molar refractivity (Wildman–Crippen MR) is 52.4 cm³/mol. The van der Waals surface area contributed by atoms with Gasteiger partial charge in [-0.15, -0.1) is 0 Å². The molecule has 2 nitrogen and oxygen atoms in total. The van der Waals surface area contributed by atoms with Crippen molar-refractivity contribution < 1.29 is 9.53 Å². The first-order chi connectivity index (χ1) is 6.08. The van der Waals surface area contributed by atoms with Gasteiger partial charge in [-0.25, -0.2) is 0 Å². The highest BCUT2D eigenvalue weighted by atomic mass is 16.5. The lowest BCUT2D eigenvalue weighted by atomic mass is 10.1. The summed E-state index contributed by atoms with van der Waals surface area (Å²) in [6.07, 6.45) is 4.10. The minimum absolute atomic E-state index is 0.0194. The molecule has 0 spiro atoms. The SMILES string of the molecule is CC(C)CC(=O)O[C@H]1CC[C@@H](C)C1. The third-order valence-corrected chi connectivity index (χ3v) is 2.52. The fraction of sp³-hybridized carbons (Fsp3) is 0.909. The molecule has 0 unspecified atom stereocenters. The third kappa shape index (κ3) is 3.79. The molecule has 1 saturated carbocycles. The first kappa shape index (κ1) is 10.6. The maximum absolute atomic E-state index is 11.3. The van der Waals surface area contributed by atoms with E-state index < -0.39 is 0 Å². The van der Waals surface area contributed by atoms with Crippen molar-refractivity contribution in [2.45, 2.75) is 52.6 Å². The zero-order valence-corrected chi connectivity index (χ0v) is 8.88. The van der Waals surface area contributed by atoms with Crippen molar-refractivity contribution in [2.75, 3.05) is 0 Å². The number of carbonyl (C=O) groups is 1. The Hall–Kier alpha value is -0.530. The van der Waals surface area contributed by atoms with Gasteiger partial charge in [0.05, 0.1) is 0 Å². The van der Waals surface area contributed by atoms with E-state index >= 15 is 0 Å². The van der Waals surface area contributed by atoms with Crippen LogP contribution < -0.4 is 0 Å². The van der Waals surface area contributed by atoms with Crippen LogP contribution in [0.1, 0.15) is 46.5 Å². The van der Waals surface area contributed by atoms with Gasteiger partial charge in [0.1, 0.15) is 6.10 Å². The molecule has 76 valence electrons. The van der Waals surface area contributed by atoms with Gasteiger partial charge in [-0.2, -0.15) is 0 Å². The van der Waals surface area contributed by atoms with Crippen molar-refractivity contribution in [3.05, 3.63) is 0 Å². The smallest absolute Gasteiger partial charge is 0.306 e. The zero-order chi connectivity index (χ0) is 9.84. The molecule has 2 atom stereocenters. The summed E-state index contributed by atoms with van der Waals surface area (Å²) in [6, 6.07) is 0. The Balaban J connectivity index is 2.21. The molecule has 0 heterocycles. The molecule has 13 heavy (non-hydrogen) atoms. The van der Waals surface area contributed by atoms with E-state index in [2.05, 4.69) is 6.92 Å². The van der Waals surface area contributed by atoms with Crippen LogP contribution in [-0.4, -0.2) is 12.1 Å². The van der Waals surface area contributed by atoms with Crippen LogP contribution in [0.3, 0.4) is 0 Å². The Bertz CT molecular complexity index is 175. The van der Waals surface area contributed by atoms with Gasteiger partial charge >= 0.3 is 5.97 Å². The second kappa shape index (κ2) is 4.64. The van der Waals surface area contributed by atoms with Gasteiger partial charge in [0.25, 0.3) is 0 Å². The highest BCUT2D eigenvalue weighted by molar-refractivity contribution is 5.69. The summed E-state index contributed by atoms with van der Waals surface area (Å²) < 4.78 is 5.35. The number of carbonyl (C=O) groups excluding carboxylic acids is 1. The first-order valence-electron chi connectivity index (χ1n) is 5.27. The van der Waals surface area contributed by atoms with Gasteiger partial charge < -0.3 is 4.74 Å². The largest absolute Gasteiger partial charge is 0.462 e. The van der Waals surface area contributed by atoms with Crippen LogP contribution in [0, 0.1) is 11.8 Å². The average molecular weight is 184 g/mol. The van der Waals surface area contributed by atoms with Crippen LogP contribution in [0.2, 0.25) is 0 Å². The van der Waals surface area contributed by atoms with E-state index in [0.29, 0.717) is 12.3 Å². The lowest BCUT2D eigenvalue weighted by molar-refractivity contribution is -0.149. The lowest BCUT2D eigenvalue weighted by Crippen LogP contribution is -2.16. The number of rotatable bonds is 3. The van der Waals surface area contributed by atoms with Gasteiger partial charge in [0, 0.05) is 6.42 Å².